The van der Waals surface area contributed by atoms with E-state index in [0.717, 1.165) is 18.2 Å². The Morgan fingerprint density at radius 3 is 2.41 bits per heavy atom. The number of amides is 1. The Bertz CT molecular complexity index is 834. The largest absolute Gasteiger partial charge is 0.322 e. The Kier molecular flexibility index (Phi) is 5.15. The van der Waals surface area contributed by atoms with Crippen LogP contribution in [-0.2, 0) is 10.7 Å². The van der Waals surface area contributed by atoms with Crippen LogP contribution in [0, 0.1) is 11.6 Å². The second kappa shape index (κ2) is 6.72. The molecule has 0 aromatic heterocycles. The van der Waals surface area contributed by atoms with Crippen molar-refractivity contribution in [1.29, 1.82) is 0 Å². The topological polar surface area (TPSA) is 63.2 Å². The number of halogens is 4. The van der Waals surface area contributed by atoms with Crippen LogP contribution in [0.15, 0.2) is 39.7 Å². The lowest BCUT2D eigenvalue weighted by Crippen LogP contribution is -2.13. The number of carbonyl (C=O) groups is 1. The number of benzene rings is 2. The fourth-order valence-electron chi connectivity index (χ4n) is 1.62. The summed E-state index contributed by atoms with van der Waals surface area (Å²) >= 11 is 8.86. The number of anilines is 1. The van der Waals surface area contributed by atoms with Crippen LogP contribution in [0.25, 0.3) is 0 Å². The van der Waals surface area contributed by atoms with E-state index in [9.17, 15) is 22.0 Å². The molecule has 22 heavy (non-hydrogen) atoms. The molecule has 0 atom stereocenters. The lowest BCUT2D eigenvalue weighted by molar-refractivity contribution is 0.102. The smallest absolute Gasteiger partial charge is 0.256 e. The van der Waals surface area contributed by atoms with Gasteiger partial charge in [-0.15, -0.1) is 0 Å². The maximum atomic E-state index is 13.1. The molecule has 2 rings (SSSR count). The predicted octanol–water partition coefficient (Wildman–Crippen LogP) is 3.60. The first kappa shape index (κ1) is 16.9. The van der Waals surface area contributed by atoms with Gasteiger partial charge in [-0.1, -0.05) is 11.6 Å². The first-order chi connectivity index (χ1) is 10.3. The predicted molar refractivity (Wildman–Crippen MR) is 82.0 cm³/mol. The Hall–Kier alpha value is -1.51. The second-order valence-corrected chi connectivity index (χ2v) is 6.38. The van der Waals surface area contributed by atoms with Crippen LogP contribution in [-0.4, -0.2) is 14.3 Å². The molecule has 0 aliphatic carbocycles. The van der Waals surface area contributed by atoms with E-state index in [0.29, 0.717) is 0 Å². The minimum absolute atomic E-state index is 0.0108. The molecule has 4 nitrogen and oxygen atoms in total. The van der Waals surface area contributed by atoms with E-state index < -0.39 is 28.2 Å². The van der Waals surface area contributed by atoms with E-state index in [2.05, 4.69) is 21.2 Å². The van der Waals surface area contributed by atoms with Gasteiger partial charge in [-0.05, 0) is 40.2 Å². The van der Waals surface area contributed by atoms with Gasteiger partial charge >= 0.3 is 0 Å². The van der Waals surface area contributed by atoms with Gasteiger partial charge in [0.05, 0.1) is 15.5 Å². The third kappa shape index (κ3) is 3.63. The minimum atomic E-state index is -2.98. The van der Waals surface area contributed by atoms with Crippen molar-refractivity contribution in [3.05, 3.63) is 57.0 Å². The number of nitrogens with one attached hydrogen (secondary N) is 1. The minimum Gasteiger partial charge on any atom is -0.322 e. The van der Waals surface area contributed by atoms with Crippen LogP contribution in [0.4, 0.5) is 14.5 Å². The molecule has 0 bridgehead atoms. The summed E-state index contributed by atoms with van der Waals surface area (Å²) in [5.74, 6) is -2.86. The van der Waals surface area contributed by atoms with Gasteiger partial charge in [0.25, 0.3) is 5.91 Å². The van der Waals surface area contributed by atoms with Crippen LogP contribution in [0.3, 0.4) is 0 Å². The fraction of sp³-hybridized carbons (Fsp3) is 0. The van der Waals surface area contributed by atoms with Gasteiger partial charge in [0.15, 0.2) is 22.3 Å². The molecule has 2 aromatic carbocycles. The molecule has 0 saturated heterocycles. The van der Waals surface area contributed by atoms with Crippen molar-refractivity contribution in [1.82, 2.24) is 0 Å². The van der Waals surface area contributed by atoms with Crippen LogP contribution < -0.4 is 5.32 Å². The van der Waals surface area contributed by atoms with Gasteiger partial charge < -0.3 is 5.32 Å². The zero-order valence-corrected chi connectivity index (χ0v) is 13.8. The number of hydrogen-bond acceptors (Lipinski definition) is 3. The Labute approximate surface area is 139 Å². The molecule has 1 amide bonds. The van der Waals surface area contributed by atoms with Gasteiger partial charge in [-0.3, -0.25) is 4.79 Å². The van der Waals surface area contributed by atoms with Crippen LogP contribution in [0.5, 0.6) is 0 Å². The average Bonchev–Trinajstić information content (AvgIpc) is 2.42. The first-order valence-corrected chi connectivity index (χ1v) is 8.04. The lowest BCUT2D eigenvalue weighted by atomic mass is 10.2. The van der Waals surface area contributed by atoms with Gasteiger partial charge in [-0.2, -0.15) is 0 Å². The summed E-state index contributed by atoms with van der Waals surface area (Å²) in [5, 5.41) is 2.30. The molecule has 0 saturated carbocycles. The maximum absolute atomic E-state index is 13.1. The summed E-state index contributed by atoms with van der Waals surface area (Å²) in [6.45, 7) is 0. The van der Waals surface area contributed by atoms with Gasteiger partial charge in [0, 0.05) is 16.2 Å². The highest BCUT2D eigenvalue weighted by Gasteiger charge is 2.16. The molecule has 2 aromatic rings. The molecule has 0 fully saturated rings. The molecule has 0 aliphatic rings. The van der Waals surface area contributed by atoms with E-state index in [4.69, 9.17) is 11.6 Å². The van der Waals surface area contributed by atoms with Crippen molar-refractivity contribution >= 4 is 49.8 Å². The van der Waals surface area contributed by atoms with Gasteiger partial charge in [0.1, 0.15) is 0 Å². The molecule has 0 heterocycles. The summed E-state index contributed by atoms with van der Waals surface area (Å²) in [4.78, 5) is 11.9. The van der Waals surface area contributed by atoms with E-state index in [1.165, 1.54) is 12.1 Å². The summed E-state index contributed by atoms with van der Waals surface area (Å²) in [6, 6.07) is 5.21. The van der Waals surface area contributed by atoms with E-state index >= 15 is 0 Å². The Morgan fingerprint density at radius 1 is 1.14 bits per heavy atom. The molecule has 9 heteroatoms. The van der Waals surface area contributed by atoms with Crippen molar-refractivity contribution < 1.29 is 22.0 Å². The summed E-state index contributed by atoms with van der Waals surface area (Å²) in [5.41, 5.74) is 0.0159. The SMILES string of the molecule is O=C(Nc1ccc(F)c(F)c1)c1cc([SH](=O)=O)c(Cl)cc1Br. The Morgan fingerprint density at radius 2 is 1.82 bits per heavy atom. The zero-order chi connectivity index (χ0) is 16.4. The standard InChI is InChI=1S/C13H7BrClF2NO3S/c14-8-5-9(15)12(22(20)21)4-7(8)13(19)18-6-1-2-10(16)11(17)3-6/h1-5,22H,(H,18,19). The van der Waals surface area contributed by atoms with Crippen molar-refractivity contribution in [2.45, 2.75) is 4.90 Å². The highest BCUT2D eigenvalue weighted by Crippen LogP contribution is 2.27. The molecule has 0 unspecified atom stereocenters. The average molecular weight is 411 g/mol. The summed E-state index contributed by atoms with van der Waals surface area (Å²) < 4.78 is 48.3. The van der Waals surface area contributed by atoms with Crippen molar-refractivity contribution in [2.24, 2.45) is 0 Å². The number of thiol groups is 1. The third-order valence-corrected chi connectivity index (χ3v) is 4.52. The molecule has 1 N–H and O–H groups in total. The molecule has 0 radical (unpaired) electrons. The van der Waals surface area contributed by atoms with Crippen molar-refractivity contribution in [3.8, 4) is 0 Å². The first-order valence-electron chi connectivity index (χ1n) is 5.69. The number of rotatable bonds is 3. The Balaban J connectivity index is 2.37. The van der Waals surface area contributed by atoms with Crippen LogP contribution >= 0.6 is 27.5 Å². The monoisotopic (exact) mass is 409 g/mol. The maximum Gasteiger partial charge on any atom is 0.256 e. The molecule has 0 spiro atoms. The third-order valence-electron chi connectivity index (χ3n) is 2.66. The molecule has 116 valence electrons. The molecular formula is C13H7BrClF2NO3S. The van der Waals surface area contributed by atoms with E-state index in [-0.39, 0.29) is 25.6 Å². The van der Waals surface area contributed by atoms with Crippen molar-refractivity contribution in [2.75, 3.05) is 5.32 Å². The van der Waals surface area contributed by atoms with Crippen molar-refractivity contribution in [3.63, 3.8) is 0 Å². The molecular weight excluding hydrogens is 404 g/mol. The number of carbonyl (C=O) groups excluding carboxylic acids is 1. The van der Waals surface area contributed by atoms with Gasteiger partial charge in [-0.25, -0.2) is 17.2 Å². The fourth-order valence-corrected chi connectivity index (χ4v) is 3.12. The van der Waals surface area contributed by atoms with Crippen LogP contribution in [0.2, 0.25) is 5.02 Å². The quantitative estimate of drug-likeness (QED) is 0.760. The highest BCUT2D eigenvalue weighted by molar-refractivity contribution is 9.10. The molecule has 0 aliphatic heterocycles. The normalized spacial score (nSPS) is 10.8. The summed E-state index contributed by atoms with van der Waals surface area (Å²) in [6.07, 6.45) is 0. The second-order valence-electron chi connectivity index (χ2n) is 4.12. The van der Waals surface area contributed by atoms with E-state index in [1.54, 1.807) is 0 Å². The zero-order valence-electron chi connectivity index (χ0n) is 10.6. The van der Waals surface area contributed by atoms with Gasteiger partial charge in [0.2, 0.25) is 0 Å². The lowest BCUT2D eigenvalue weighted by Gasteiger charge is -2.09. The highest BCUT2D eigenvalue weighted by atomic mass is 79.9. The number of hydrogen-bond donors (Lipinski definition) is 2. The summed E-state index contributed by atoms with van der Waals surface area (Å²) in [7, 11) is -2.98. The van der Waals surface area contributed by atoms with E-state index in [1.807, 2.05) is 0 Å². The van der Waals surface area contributed by atoms with Crippen LogP contribution in [0.1, 0.15) is 10.4 Å².